The van der Waals surface area contributed by atoms with Crippen LogP contribution in [0.1, 0.15) is 24.8 Å². The molecule has 1 N–H and O–H groups in total. The van der Waals surface area contributed by atoms with E-state index in [1.165, 1.54) is 0 Å². The normalized spacial score (nSPS) is 22.4. The topological polar surface area (TPSA) is 41.6 Å². The maximum absolute atomic E-state index is 14.2. The number of carbonyl (C=O) groups excluding carboxylic acids is 1. The van der Waals surface area contributed by atoms with E-state index in [1.807, 2.05) is 0 Å². The summed E-state index contributed by atoms with van der Waals surface area (Å²) in [6.45, 7) is 3.03. The first kappa shape index (κ1) is 15.7. The largest absolute Gasteiger partial charge is 0.381 e. The van der Waals surface area contributed by atoms with E-state index < -0.39 is 0 Å². The fourth-order valence-corrected chi connectivity index (χ4v) is 3.60. The van der Waals surface area contributed by atoms with Crippen molar-refractivity contribution in [1.29, 1.82) is 0 Å². The number of hydrogen-bond donors (Lipinski definition) is 1. The Bertz CT molecular complexity index is 561. The summed E-state index contributed by atoms with van der Waals surface area (Å²) in [6.07, 6.45) is 2.03. The third-order valence-corrected chi connectivity index (χ3v) is 4.97. The van der Waals surface area contributed by atoms with Crippen molar-refractivity contribution in [1.82, 2.24) is 10.2 Å². The molecular weight excluding hydrogens is 307 g/mol. The van der Waals surface area contributed by atoms with Crippen LogP contribution in [0.2, 0.25) is 5.02 Å². The van der Waals surface area contributed by atoms with Crippen LogP contribution in [-0.4, -0.2) is 42.6 Å². The standard InChI is InChI=1S/C16H20ClFN2O2/c17-13-3-1-2-12(15(13)18)11-20-7-6-19-14(21)10-16(20)4-8-22-9-5-16/h1-3H,4-11H2,(H,19,21). The molecule has 6 heteroatoms. The van der Waals surface area contributed by atoms with E-state index in [0.717, 1.165) is 12.8 Å². The van der Waals surface area contributed by atoms with E-state index in [0.29, 0.717) is 44.8 Å². The predicted octanol–water partition coefficient (Wildman–Crippen LogP) is 2.35. The highest BCUT2D eigenvalue weighted by Crippen LogP contribution is 2.34. The quantitative estimate of drug-likeness (QED) is 0.907. The molecule has 2 heterocycles. The Hall–Kier alpha value is -1.17. The molecule has 0 bridgehead atoms. The van der Waals surface area contributed by atoms with Crippen molar-refractivity contribution in [3.05, 3.63) is 34.6 Å². The van der Waals surface area contributed by atoms with Gasteiger partial charge in [-0.1, -0.05) is 23.7 Å². The molecule has 0 aliphatic carbocycles. The van der Waals surface area contributed by atoms with Crippen LogP contribution in [0.3, 0.4) is 0 Å². The zero-order chi connectivity index (χ0) is 15.6. The lowest BCUT2D eigenvalue weighted by atomic mass is 9.84. The minimum atomic E-state index is -0.366. The predicted molar refractivity (Wildman–Crippen MR) is 82.2 cm³/mol. The second kappa shape index (κ2) is 6.52. The molecule has 22 heavy (non-hydrogen) atoms. The van der Waals surface area contributed by atoms with Crippen LogP contribution in [0.15, 0.2) is 18.2 Å². The van der Waals surface area contributed by atoms with Crippen LogP contribution < -0.4 is 5.32 Å². The highest BCUT2D eigenvalue weighted by Gasteiger charge is 2.41. The van der Waals surface area contributed by atoms with Gasteiger partial charge in [-0.2, -0.15) is 0 Å². The lowest BCUT2D eigenvalue weighted by Gasteiger charge is -2.44. The van der Waals surface area contributed by atoms with Crippen molar-refractivity contribution < 1.29 is 13.9 Å². The number of carbonyl (C=O) groups is 1. The van der Waals surface area contributed by atoms with Crippen molar-refractivity contribution in [2.75, 3.05) is 26.3 Å². The van der Waals surface area contributed by atoms with E-state index in [9.17, 15) is 9.18 Å². The zero-order valence-electron chi connectivity index (χ0n) is 12.4. The Morgan fingerprint density at radius 3 is 2.91 bits per heavy atom. The minimum absolute atomic E-state index is 0.0657. The van der Waals surface area contributed by atoms with E-state index in [-0.39, 0.29) is 22.3 Å². The number of nitrogens with one attached hydrogen (secondary N) is 1. The molecule has 3 rings (SSSR count). The number of ether oxygens (including phenoxy) is 1. The highest BCUT2D eigenvalue weighted by molar-refractivity contribution is 6.30. The molecule has 0 aromatic heterocycles. The van der Waals surface area contributed by atoms with Gasteiger partial charge in [-0.25, -0.2) is 4.39 Å². The summed E-state index contributed by atoms with van der Waals surface area (Å²) in [4.78, 5) is 14.2. The smallest absolute Gasteiger partial charge is 0.221 e. The molecule has 2 aliphatic rings. The molecule has 0 saturated carbocycles. The second-order valence-electron chi connectivity index (χ2n) is 6.00. The van der Waals surface area contributed by atoms with Gasteiger partial charge in [-0.05, 0) is 18.9 Å². The number of nitrogens with zero attached hydrogens (tertiary/aromatic N) is 1. The summed E-state index contributed by atoms with van der Waals surface area (Å²) < 4.78 is 19.7. The number of halogens is 2. The Morgan fingerprint density at radius 2 is 2.14 bits per heavy atom. The molecule has 1 spiro atoms. The molecule has 2 saturated heterocycles. The average Bonchev–Trinajstić information content (AvgIpc) is 2.64. The van der Waals surface area contributed by atoms with E-state index in [4.69, 9.17) is 16.3 Å². The Balaban J connectivity index is 1.88. The maximum atomic E-state index is 14.2. The molecule has 0 radical (unpaired) electrons. The second-order valence-corrected chi connectivity index (χ2v) is 6.41. The Labute approximate surface area is 134 Å². The van der Waals surface area contributed by atoms with Crippen molar-refractivity contribution in [3.8, 4) is 0 Å². The van der Waals surface area contributed by atoms with Crippen molar-refractivity contribution >= 4 is 17.5 Å². The molecule has 120 valence electrons. The van der Waals surface area contributed by atoms with Gasteiger partial charge >= 0.3 is 0 Å². The molecule has 2 aliphatic heterocycles. The van der Waals surface area contributed by atoms with Crippen LogP contribution in [0, 0.1) is 5.82 Å². The molecule has 0 atom stereocenters. The summed E-state index contributed by atoms with van der Waals surface area (Å²) >= 11 is 5.88. The lowest BCUT2D eigenvalue weighted by molar-refractivity contribution is -0.124. The fourth-order valence-electron chi connectivity index (χ4n) is 3.41. The van der Waals surface area contributed by atoms with Crippen LogP contribution in [0.5, 0.6) is 0 Å². The summed E-state index contributed by atoms with van der Waals surface area (Å²) in [6, 6.07) is 5.07. The first-order chi connectivity index (χ1) is 10.6. The minimum Gasteiger partial charge on any atom is -0.381 e. The van der Waals surface area contributed by atoms with Gasteiger partial charge in [0.15, 0.2) is 0 Å². The van der Waals surface area contributed by atoms with Gasteiger partial charge < -0.3 is 10.1 Å². The number of amides is 1. The number of benzene rings is 1. The van der Waals surface area contributed by atoms with E-state index in [1.54, 1.807) is 18.2 Å². The van der Waals surface area contributed by atoms with Crippen molar-refractivity contribution in [3.63, 3.8) is 0 Å². The first-order valence-corrected chi connectivity index (χ1v) is 8.01. The van der Waals surface area contributed by atoms with Crippen LogP contribution in [0.4, 0.5) is 4.39 Å². The zero-order valence-corrected chi connectivity index (χ0v) is 13.2. The third-order valence-electron chi connectivity index (χ3n) is 4.68. The molecule has 4 nitrogen and oxygen atoms in total. The van der Waals surface area contributed by atoms with Crippen LogP contribution in [0.25, 0.3) is 0 Å². The Morgan fingerprint density at radius 1 is 1.36 bits per heavy atom. The molecular formula is C16H20ClFN2O2. The molecule has 2 fully saturated rings. The highest BCUT2D eigenvalue weighted by atomic mass is 35.5. The number of rotatable bonds is 2. The van der Waals surface area contributed by atoms with Gasteiger partial charge in [0.1, 0.15) is 5.82 Å². The molecule has 1 amide bonds. The monoisotopic (exact) mass is 326 g/mol. The summed E-state index contributed by atoms with van der Waals surface area (Å²) in [5.74, 6) is -0.300. The van der Waals surface area contributed by atoms with E-state index in [2.05, 4.69) is 10.2 Å². The maximum Gasteiger partial charge on any atom is 0.221 e. The van der Waals surface area contributed by atoms with Crippen molar-refractivity contribution in [2.24, 2.45) is 0 Å². The lowest BCUT2D eigenvalue weighted by Crippen LogP contribution is -2.52. The van der Waals surface area contributed by atoms with Gasteiger partial charge in [0.2, 0.25) is 5.91 Å². The molecule has 1 aromatic carbocycles. The van der Waals surface area contributed by atoms with Gasteiger partial charge in [-0.3, -0.25) is 9.69 Å². The Kier molecular flexibility index (Phi) is 4.66. The summed E-state index contributed by atoms with van der Waals surface area (Å²) in [5, 5.41) is 3.06. The van der Waals surface area contributed by atoms with Gasteiger partial charge in [0.05, 0.1) is 5.02 Å². The third kappa shape index (κ3) is 3.12. The SMILES string of the molecule is O=C1CC2(CCOCC2)N(Cc2cccc(Cl)c2F)CCN1. The summed E-state index contributed by atoms with van der Waals surface area (Å²) in [5.41, 5.74) is 0.334. The number of hydrogen-bond acceptors (Lipinski definition) is 3. The van der Waals surface area contributed by atoms with Gasteiger partial charge in [0, 0.05) is 50.4 Å². The fraction of sp³-hybridized carbons (Fsp3) is 0.562. The van der Waals surface area contributed by atoms with Gasteiger partial charge in [0.25, 0.3) is 0 Å². The van der Waals surface area contributed by atoms with E-state index >= 15 is 0 Å². The average molecular weight is 327 g/mol. The van der Waals surface area contributed by atoms with Gasteiger partial charge in [-0.15, -0.1) is 0 Å². The van der Waals surface area contributed by atoms with Crippen LogP contribution >= 0.6 is 11.6 Å². The first-order valence-electron chi connectivity index (χ1n) is 7.63. The summed E-state index contributed by atoms with van der Waals surface area (Å²) in [7, 11) is 0. The van der Waals surface area contributed by atoms with Crippen molar-refractivity contribution in [2.45, 2.75) is 31.3 Å². The van der Waals surface area contributed by atoms with Crippen LogP contribution in [-0.2, 0) is 16.1 Å². The molecule has 0 unspecified atom stereocenters. The molecule has 1 aromatic rings.